The summed E-state index contributed by atoms with van der Waals surface area (Å²) < 4.78 is 11.6. The zero-order valence-electron chi connectivity index (χ0n) is 15.4. The predicted octanol–water partition coefficient (Wildman–Crippen LogP) is 3.91. The second kappa shape index (κ2) is 9.11. The van der Waals surface area contributed by atoms with E-state index in [0.29, 0.717) is 6.61 Å². The van der Waals surface area contributed by atoms with Crippen LogP contribution in [0.25, 0.3) is 0 Å². The number of rotatable bonds is 8. The Morgan fingerprint density at radius 2 is 1.68 bits per heavy atom. The average Bonchev–Trinajstić information content (AvgIpc) is 2.61. The summed E-state index contributed by atoms with van der Waals surface area (Å²) in [6.45, 7) is 8.16. The highest BCUT2D eigenvalue weighted by Gasteiger charge is 2.18. The fourth-order valence-corrected chi connectivity index (χ4v) is 2.49. The summed E-state index contributed by atoms with van der Waals surface area (Å²) in [5.74, 6) is 1.45. The molecule has 4 heteroatoms. The second-order valence-corrected chi connectivity index (χ2v) is 6.21. The number of amides is 1. The van der Waals surface area contributed by atoms with E-state index >= 15 is 0 Å². The highest BCUT2D eigenvalue weighted by molar-refractivity contribution is 5.81. The molecule has 2 atom stereocenters. The maximum Gasteiger partial charge on any atom is 0.261 e. The van der Waals surface area contributed by atoms with Gasteiger partial charge in [-0.15, -0.1) is 0 Å². The van der Waals surface area contributed by atoms with E-state index in [9.17, 15) is 4.79 Å². The number of para-hydroxylation sites is 2. The van der Waals surface area contributed by atoms with Crippen molar-refractivity contribution < 1.29 is 14.3 Å². The summed E-state index contributed by atoms with van der Waals surface area (Å²) in [6, 6.07) is 15.5. The van der Waals surface area contributed by atoms with Gasteiger partial charge in [0.2, 0.25) is 0 Å². The standard InChI is InChI=1S/C21H27NO3/c1-5-18-11-7-9-13-20(18)25-17(4)21(23)22-16(3)14-24-19-12-8-6-10-15(19)2/h6-13,16-17H,5,14H2,1-4H3,(H,22,23)/t16-,17-/m0/s1. The highest BCUT2D eigenvalue weighted by atomic mass is 16.5. The smallest absolute Gasteiger partial charge is 0.261 e. The van der Waals surface area contributed by atoms with Crippen LogP contribution in [-0.2, 0) is 11.2 Å². The van der Waals surface area contributed by atoms with Crippen molar-refractivity contribution in [2.24, 2.45) is 0 Å². The van der Waals surface area contributed by atoms with Crippen LogP contribution in [0.3, 0.4) is 0 Å². The van der Waals surface area contributed by atoms with Crippen molar-refractivity contribution in [1.29, 1.82) is 0 Å². The normalized spacial score (nSPS) is 13.0. The van der Waals surface area contributed by atoms with Crippen molar-refractivity contribution in [3.8, 4) is 11.5 Å². The lowest BCUT2D eigenvalue weighted by molar-refractivity contribution is -0.128. The Labute approximate surface area is 150 Å². The van der Waals surface area contributed by atoms with Gasteiger partial charge in [0.05, 0.1) is 6.04 Å². The van der Waals surface area contributed by atoms with E-state index in [1.165, 1.54) is 0 Å². The maximum absolute atomic E-state index is 12.3. The van der Waals surface area contributed by atoms with Gasteiger partial charge in [-0.2, -0.15) is 0 Å². The number of hydrogen-bond donors (Lipinski definition) is 1. The molecule has 0 aromatic heterocycles. The van der Waals surface area contributed by atoms with E-state index < -0.39 is 6.10 Å². The van der Waals surface area contributed by atoms with E-state index in [1.807, 2.05) is 62.4 Å². The maximum atomic E-state index is 12.3. The third kappa shape index (κ3) is 5.52. The van der Waals surface area contributed by atoms with Crippen LogP contribution in [0.2, 0.25) is 0 Å². The molecule has 0 heterocycles. The van der Waals surface area contributed by atoms with Crippen LogP contribution in [0.1, 0.15) is 31.9 Å². The number of ether oxygens (including phenoxy) is 2. The fraction of sp³-hybridized carbons (Fsp3) is 0.381. The van der Waals surface area contributed by atoms with E-state index in [0.717, 1.165) is 29.0 Å². The number of benzene rings is 2. The second-order valence-electron chi connectivity index (χ2n) is 6.21. The van der Waals surface area contributed by atoms with Gasteiger partial charge in [0, 0.05) is 0 Å². The third-order valence-electron chi connectivity index (χ3n) is 4.00. The van der Waals surface area contributed by atoms with Gasteiger partial charge in [-0.25, -0.2) is 0 Å². The van der Waals surface area contributed by atoms with Gasteiger partial charge in [-0.05, 0) is 50.5 Å². The van der Waals surface area contributed by atoms with Crippen LogP contribution in [0, 0.1) is 6.92 Å². The Hall–Kier alpha value is -2.49. The predicted molar refractivity (Wildman–Crippen MR) is 100 cm³/mol. The van der Waals surface area contributed by atoms with Crippen LogP contribution in [-0.4, -0.2) is 24.7 Å². The molecule has 0 saturated carbocycles. The zero-order chi connectivity index (χ0) is 18.2. The van der Waals surface area contributed by atoms with Crippen molar-refractivity contribution >= 4 is 5.91 Å². The lowest BCUT2D eigenvalue weighted by Crippen LogP contribution is -2.43. The molecule has 0 bridgehead atoms. The van der Waals surface area contributed by atoms with Gasteiger partial charge in [-0.1, -0.05) is 43.3 Å². The van der Waals surface area contributed by atoms with Crippen LogP contribution in [0.15, 0.2) is 48.5 Å². The number of hydrogen-bond acceptors (Lipinski definition) is 3. The summed E-state index contributed by atoms with van der Waals surface area (Å²) in [5, 5.41) is 2.94. The van der Waals surface area contributed by atoms with Crippen molar-refractivity contribution in [3.05, 3.63) is 59.7 Å². The largest absolute Gasteiger partial charge is 0.491 e. The molecule has 1 N–H and O–H groups in total. The molecule has 1 amide bonds. The van der Waals surface area contributed by atoms with Crippen LogP contribution in [0.5, 0.6) is 11.5 Å². The number of aryl methyl sites for hydroxylation is 2. The first-order valence-corrected chi connectivity index (χ1v) is 8.74. The van der Waals surface area contributed by atoms with Gasteiger partial charge in [0.25, 0.3) is 5.91 Å². The van der Waals surface area contributed by atoms with E-state index in [-0.39, 0.29) is 11.9 Å². The Morgan fingerprint density at radius 1 is 1.04 bits per heavy atom. The minimum Gasteiger partial charge on any atom is -0.491 e. The molecule has 0 aliphatic carbocycles. The van der Waals surface area contributed by atoms with E-state index in [2.05, 4.69) is 12.2 Å². The molecule has 2 rings (SSSR count). The fourth-order valence-electron chi connectivity index (χ4n) is 2.49. The molecular formula is C21H27NO3. The first kappa shape index (κ1) is 18.8. The van der Waals surface area contributed by atoms with Gasteiger partial charge in [-0.3, -0.25) is 4.79 Å². The minimum absolute atomic E-state index is 0.112. The molecule has 0 spiro atoms. The molecule has 25 heavy (non-hydrogen) atoms. The molecular weight excluding hydrogens is 314 g/mol. The Morgan fingerprint density at radius 3 is 2.36 bits per heavy atom. The van der Waals surface area contributed by atoms with Gasteiger partial charge < -0.3 is 14.8 Å². The molecule has 0 fully saturated rings. The molecule has 2 aromatic carbocycles. The van der Waals surface area contributed by atoms with E-state index in [1.54, 1.807) is 6.92 Å². The SMILES string of the molecule is CCc1ccccc1O[C@@H](C)C(=O)N[C@@H](C)COc1ccccc1C. The lowest BCUT2D eigenvalue weighted by Gasteiger charge is -2.20. The summed E-state index contributed by atoms with van der Waals surface area (Å²) >= 11 is 0. The van der Waals surface area contributed by atoms with Crippen molar-refractivity contribution in [2.45, 2.75) is 46.3 Å². The summed E-state index contributed by atoms with van der Waals surface area (Å²) in [7, 11) is 0. The zero-order valence-corrected chi connectivity index (χ0v) is 15.4. The molecule has 0 aliphatic rings. The van der Waals surface area contributed by atoms with Crippen LogP contribution in [0.4, 0.5) is 0 Å². The Bertz CT molecular complexity index is 699. The Kier molecular flexibility index (Phi) is 6.87. The monoisotopic (exact) mass is 341 g/mol. The molecule has 134 valence electrons. The Balaban J connectivity index is 1.84. The van der Waals surface area contributed by atoms with Crippen LogP contribution >= 0.6 is 0 Å². The number of nitrogens with one attached hydrogen (secondary N) is 1. The molecule has 4 nitrogen and oxygen atoms in total. The highest BCUT2D eigenvalue weighted by Crippen LogP contribution is 2.20. The summed E-state index contributed by atoms with van der Waals surface area (Å²) in [5.41, 5.74) is 2.17. The van der Waals surface area contributed by atoms with Gasteiger partial charge >= 0.3 is 0 Å². The summed E-state index contributed by atoms with van der Waals surface area (Å²) in [6.07, 6.45) is 0.305. The van der Waals surface area contributed by atoms with E-state index in [4.69, 9.17) is 9.47 Å². The molecule has 2 aromatic rings. The molecule has 0 unspecified atom stereocenters. The first-order chi connectivity index (χ1) is 12.0. The average molecular weight is 341 g/mol. The summed E-state index contributed by atoms with van der Waals surface area (Å²) in [4.78, 5) is 12.3. The van der Waals surface area contributed by atoms with Crippen molar-refractivity contribution in [1.82, 2.24) is 5.32 Å². The molecule has 0 aliphatic heterocycles. The molecule has 0 radical (unpaired) electrons. The first-order valence-electron chi connectivity index (χ1n) is 8.74. The third-order valence-corrected chi connectivity index (χ3v) is 4.00. The molecule has 0 saturated heterocycles. The van der Waals surface area contributed by atoms with Gasteiger partial charge in [0.15, 0.2) is 6.10 Å². The van der Waals surface area contributed by atoms with Gasteiger partial charge in [0.1, 0.15) is 18.1 Å². The van der Waals surface area contributed by atoms with Crippen molar-refractivity contribution in [2.75, 3.05) is 6.61 Å². The lowest BCUT2D eigenvalue weighted by atomic mass is 10.1. The number of carbonyl (C=O) groups is 1. The topological polar surface area (TPSA) is 47.6 Å². The van der Waals surface area contributed by atoms with Crippen molar-refractivity contribution in [3.63, 3.8) is 0 Å². The minimum atomic E-state index is -0.561. The quantitative estimate of drug-likeness (QED) is 0.792. The number of carbonyl (C=O) groups excluding carboxylic acids is 1. The van der Waals surface area contributed by atoms with Crippen LogP contribution < -0.4 is 14.8 Å².